The van der Waals surface area contributed by atoms with Crippen molar-refractivity contribution in [1.82, 2.24) is 20.0 Å². The number of nitrogens with one attached hydrogen (secondary N) is 1. The van der Waals surface area contributed by atoms with Gasteiger partial charge in [-0.15, -0.1) is 16.4 Å². The molecule has 0 aliphatic carbocycles. The zero-order valence-corrected chi connectivity index (χ0v) is 18.8. The summed E-state index contributed by atoms with van der Waals surface area (Å²) in [5, 5.41) is 12.5. The first-order valence-corrected chi connectivity index (χ1v) is 10.8. The van der Waals surface area contributed by atoms with Crippen LogP contribution in [0.4, 0.5) is 9.52 Å². The van der Waals surface area contributed by atoms with Gasteiger partial charge in [0.15, 0.2) is 10.8 Å². The summed E-state index contributed by atoms with van der Waals surface area (Å²) in [6.45, 7) is 3.59. The van der Waals surface area contributed by atoms with Gasteiger partial charge in [0.05, 0.1) is 17.1 Å². The van der Waals surface area contributed by atoms with E-state index in [4.69, 9.17) is 23.2 Å². The van der Waals surface area contributed by atoms with Gasteiger partial charge < -0.3 is 0 Å². The van der Waals surface area contributed by atoms with Gasteiger partial charge >= 0.3 is 0 Å². The van der Waals surface area contributed by atoms with Gasteiger partial charge in [-0.2, -0.15) is 0 Å². The van der Waals surface area contributed by atoms with Crippen LogP contribution in [0.15, 0.2) is 42.5 Å². The minimum atomic E-state index is -0.424. The molecule has 6 nitrogen and oxygen atoms in total. The van der Waals surface area contributed by atoms with Crippen molar-refractivity contribution < 1.29 is 9.18 Å². The molecule has 2 aromatic carbocycles. The lowest BCUT2D eigenvalue weighted by molar-refractivity contribution is 0.102. The Labute approximate surface area is 191 Å². The van der Waals surface area contributed by atoms with Gasteiger partial charge in [0.2, 0.25) is 0 Å². The molecule has 158 valence electrons. The van der Waals surface area contributed by atoms with Crippen LogP contribution in [0.5, 0.6) is 0 Å². The molecule has 0 bridgehead atoms. The number of rotatable bonds is 5. The number of amides is 1. The summed E-state index contributed by atoms with van der Waals surface area (Å²) in [5.41, 5.74) is 2.98. The van der Waals surface area contributed by atoms with Crippen LogP contribution in [0, 0.1) is 19.7 Å². The molecule has 0 saturated heterocycles. The normalized spacial score (nSPS) is 11.0. The van der Waals surface area contributed by atoms with Crippen LogP contribution >= 0.6 is 34.5 Å². The Morgan fingerprint density at radius 1 is 1.16 bits per heavy atom. The monoisotopic (exact) mass is 475 g/mol. The van der Waals surface area contributed by atoms with Crippen molar-refractivity contribution in [1.29, 1.82) is 0 Å². The topological polar surface area (TPSA) is 72.7 Å². The van der Waals surface area contributed by atoms with Gasteiger partial charge in [-0.25, -0.2) is 14.1 Å². The van der Waals surface area contributed by atoms with E-state index in [1.54, 1.807) is 31.2 Å². The maximum atomic E-state index is 13.2. The number of thiazole rings is 1. The maximum absolute atomic E-state index is 13.2. The summed E-state index contributed by atoms with van der Waals surface area (Å²) in [4.78, 5) is 18.2. The van der Waals surface area contributed by atoms with Crippen molar-refractivity contribution in [2.75, 3.05) is 5.32 Å². The second kappa shape index (κ2) is 8.74. The van der Waals surface area contributed by atoms with Crippen LogP contribution in [0.2, 0.25) is 10.0 Å². The van der Waals surface area contributed by atoms with Crippen LogP contribution in [0.3, 0.4) is 0 Å². The van der Waals surface area contributed by atoms with E-state index >= 15 is 0 Å². The lowest BCUT2D eigenvalue weighted by atomic mass is 10.1. The number of carbonyl (C=O) groups is 1. The van der Waals surface area contributed by atoms with Gasteiger partial charge in [-0.1, -0.05) is 28.4 Å². The molecule has 0 saturated carbocycles. The Morgan fingerprint density at radius 3 is 2.65 bits per heavy atom. The number of halogens is 3. The third-order valence-electron chi connectivity index (χ3n) is 4.65. The molecule has 0 fully saturated rings. The van der Waals surface area contributed by atoms with Gasteiger partial charge in [0.1, 0.15) is 5.82 Å². The Hall–Kier alpha value is -2.81. The molecule has 0 radical (unpaired) electrons. The lowest BCUT2D eigenvalue weighted by Crippen LogP contribution is -2.14. The van der Waals surface area contributed by atoms with Crippen molar-refractivity contribution in [3.63, 3.8) is 0 Å². The van der Waals surface area contributed by atoms with Crippen molar-refractivity contribution in [3.05, 3.63) is 85.8 Å². The van der Waals surface area contributed by atoms with E-state index < -0.39 is 5.91 Å². The third-order valence-corrected chi connectivity index (χ3v) is 6.33. The number of nitrogens with zero attached hydrogens (tertiary/aromatic N) is 4. The van der Waals surface area contributed by atoms with E-state index in [-0.39, 0.29) is 11.5 Å². The van der Waals surface area contributed by atoms with Crippen LogP contribution < -0.4 is 5.32 Å². The van der Waals surface area contributed by atoms with Gasteiger partial charge in [-0.3, -0.25) is 10.1 Å². The highest BCUT2D eigenvalue weighted by atomic mass is 35.5. The largest absolute Gasteiger partial charge is 0.296 e. The van der Waals surface area contributed by atoms with Crippen LogP contribution in [-0.4, -0.2) is 25.9 Å². The Kier molecular flexibility index (Phi) is 6.04. The fourth-order valence-electron chi connectivity index (χ4n) is 3.02. The van der Waals surface area contributed by atoms with Crippen molar-refractivity contribution >= 4 is 45.6 Å². The van der Waals surface area contributed by atoms with E-state index in [9.17, 15) is 9.18 Å². The number of hydrogen-bond acceptors (Lipinski definition) is 5. The first-order chi connectivity index (χ1) is 14.8. The highest BCUT2D eigenvalue weighted by Crippen LogP contribution is 2.29. The number of hydrogen-bond donors (Lipinski definition) is 1. The zero-order chi connectivity index (χ0) is 22.1. The number of aryl methyl sites for hydroxylation is 1. The minimum absolute atomic E-state index is 0.164. The molecule has 2 heterocycles. The van der Waals surface area contributed by atoms with E-state index in [0.717, 1.165) is 16.1 Å². The Balaban J connectivity index is 1.53. The van der Waals surface area contributed by atoms with Crippen LogP contribution in [0.25, 0.3) is 5.69 Å². The van der Waals surface area contributed by atoms with E-state index in [0.29, 0.717) is 33.0 Å². The first kappa shape index (κ1) is 21.4. The van der Waals surface area contributed by atoms with Crippen molar-refractivity contribution in [2.45, 2.75) is 20.3 Å². The van der Waals surface area contributed by atoms with Gasteiger partial charge in [0, 0.05) is 21.3 Å². The summed E-state index contributed by atoms with van der Waals surface area (Å²) in [5.74, 6) is -0.777. The highest BCUT2D eigenvalue weighted by molar-refractivity contribution is 7.15. The van der Waals surface area contributed by atoms with E-state index in [1.165, 1.54) is 28.2 Å². The number of benzene rings is 2. The minimum Gasteiger partial charge on any atom is -0.296 e. The molecule has 10 heteroatoms. The molecule has 31 heavy (non-hydrogen) atoms. The molecule has 0 aliphatic heterocycles. The van der Waals surface area contributed by atoms with Crippen LogP contribution in [-0.2, 0) is 6.42 Å². The molecule has 4 rings (SSSR count). The predicted octanol–water partition coefficient (Wildman–Crippen LogP) is 5.63. The fourth-order valence-corrected chi connectivity index (χ4v) is 4.38. The lowest BCUT2D eigenvalue weighted by Gasteiger charge is -2.04. The average Bonchev–Trinajstić information content (AvgIpc) is 3.27. The molecule has 1 amide bonds. The fraction of sp³-hybridized carbons (Fsp3) is 0.143. The summed E-state index contributed by atoms with van der Waals surface area (Å²) in [6.07, 6.45) is 0.554. The van der Waals surface area contributed by atoms with Crippen molar-refractivity contribution in [2.24, 2.45) is 0 Å². The van der Waals surface area contributed by atoms with E-state index in [1.807, 2.05) is 13.0 Å². The molecule has 0 atom stereocenters. The summed E-state index contributed by atoms with van der Waals surface area (Å²) >= 11 is 13.7. The Morgan fingerprint density at radius 2 is 1.90 bits per heavy atom. The highest BCUT2D eigenvalue weighted by Gasteiger charge is 2.20. The molecule has 0 aliphatic rings. The van der Waals surface area contributed by atoms with Gasteiger partial charge in [-0.05, 0) is 61.9 Å². The van der Waals surface area contributed by atoms with E-state index in [2.05, 4.69) is 20.6 Å². The molecule has 1 N–H and O–H groups in total. The quantitative estimate of drug-likeness (QED) is 0.405. The smallest absolute Gasteiger partial charge is 0.279 e. The summed E-state index contributed by atoms with van der Waals surface area (Å²) in [7, 11) is 0. The molecular weight excluding hydrogens is 460 g/mol. The summed E-state index contributed by atoms with van der Waals surface area (Å²) in [6, 6.07) is 11.1. The van der Waals surface area contributed by atoms with Crippen molar-refractivity contribution in [3.8, 4) is 5.69 Å². The second-order valence-corrected chi connectivity index (χ2v) is 8.73. The third kappa shape index (κ3) is 4.61. The SMILES string of the molecule is Cc1nc(NC(=O)c2nnn(-c3ccc(F)cc3)c2C)sc1Cc1cc(Cl)ccc1Cl. The van der Waals surface area contributed by atoms with Gasteiger partial charge in [0.25, 0.3) is 5.91 Å². The maximum Gasteiger partial charge on any atom is 0.279 e. The first-order valence-electron chi connectivity index (χ1n) is 9.21. The molecular formula is C21H16Cl2FN5OS. The van der Waals surface area contributed by atoms with Crippen LogP contribution in [0.1, 0.15) is 32.3 Å². The number of carbonyl (C=O) groups excluding carboxylic acids is 1. The average molecular weight is 476 g/mol. The second-order valence-electron chi connectivity index (χ2n) is 6.81. The summed E-state index contributed by atoms with van der Waals surface area (Å²) < 4.78 is 14.6. The molecule has 4 aromatic rings. The number of anilines is 1. The zero-order valence-electron chi connectivity index (χ0n) is 16.5. The standard InChI is InChI=1S/C21H16Cl2FN5OS/c1-11-18(10-13-9-14(22)3-8-17(13)23)31-21(25-11)26-20(30)19-12(2)29(28-27-19)16-6-4-15(24)5-7-16/h3-9H,10H2,1-2H3,(H,25,26,30). The molecule has 0 unspecified atom stereocenters. The predicted molar refractivity (Wildman–Crippen MR) is 120 cm³/mol. The number of aromatic nitrogens is 4. The Bertz CT molecular complexity index is 1270. The molecule has 2 aromatic heterocycles. The molecule has 0 spiro atoms.